The zero-order valence-corrected chi connectivity index (χ0v) is 10.1. The first-order chi connectivity index (χ1) is 7.38. The molecule has 0 atom stereocenters. The van der Waals surface area contributed by atoms with Crippen LogP contribution in [-0.2, 0) is 9.84 Å². The highest BCUT2D eigenvalue weighted by molar-refractivity contribution is 7.90. The molecule has 1 aromatic rings. The van der Waals surface area contributed by atoms with Crippen molar-refractivity contribution in [3.8, 4) is 0 Å². The Balaban J connectivity index is 2.50. The van der Waals surface area contributed by atoms with E-state index in [1.807, 2.05) is 0 Å². The SMILES string of the molecule is Cc1cnc(C(=O)CCCS(C)(=O)=O)cn1. The molecule has 0 amide bonds. The number of Topliss-reactive ketones (excluding diaryl/α,β-unsaturated/α-hetero) is 1. The van der Waals surface area contributed by atoms with E-state index < -0.39 is 9.84 Å². The molecule has 16 heavy (non-hydrogen) atoms. The molecule has 0 aliphatic heterocycles. The minimum Gasteiger partial charge on any atom is -0.292 e. The third-order valence-electron chi connectivity index (χ3n) is 1.99. The van der Waals surface area contributed by atoms with Gasteiger partial charge >= 0.3 is 0 Å². The number of aromatic nitrogens is 2. The number of aryl methyl sites for hydroxylation is 1. The number of ketones is 1. The molecule has 0 fully saturated rings. The second-order valence-electron chi connectivity index (χ2n) is 3.70. The van der Waals surface area contributed by atoms with Crippen LogP contribution in [-0.4, -0.2) is 36.2 Å². The van der Waals surface area contributed by atoms with Crippen LogP contribution in [0.15, 0.2) is 12.4 Å². The molecule has 88 valence electrons. The van der Waals surface area contributed by atoms with E-state index in [1.54, 1.807) is 6.92 Å². The molecule has 0 aliphatic carbocycles. The van der Waals surface area contributed by atoms with E-state index in [4.69, 9.17) is 0 Å². The summed E-state index contributed by atoms with van der Waals surface area (Å²) in [6, 6.07) is 0. The van der Waals surface area contributed by atoms with Gasteiger partial charge in [-0.3, -0.25) is 9.78 Å². The van der Waals surface area contributed by atoms with Gasteiger partial charge in [0.1, 0.15) is 15.5 Å². The minimum atomic E-state index is -3.00. The van der Waals surface area contributed by atoms with E-state index in [1.165, 1.54) is 12.4 Å². The van der Waals surface area contributed by atoms with Gasteiger partial charge in [0.2, 0.25) is 0 Å². The van der Waals surface area contributed by atoms with Crippen LogP contribution in [0.5, 0.6) is 0 Å². The second-order valence-corrected chi connectivity index (χ2v) is 5.96. The predicted molar refractivity (Wildman–Crippen MR) is 60.0 cm³/mol. The molecule has 1 aromatic heterocycles. The van der Waals surface area contributed by atoms with Crippen molar-refractivity contribution in [2.24, 2.45) is 0 Å². The summed E-state index contributed by atoms with van der Waals surface area (Å²) in [5.41, 5.74) is 1.03. The highest BCUT2D eigenvalue weighted by Gasteiger charge is 2.09. The summed E-state index contributed by atoms with van der Waals surface area (Å²) in [5, 5.41) is 0. The quantitative estimate of drug-likeness (QED) is 0.713. The van der Waals surface area contributed by atoms with Gasteiger partial charge in [0.15, 0.2) is 5.78 Å². The lowest BCUT2D eigenvalue weighted by Gasteiger charge is -1.99. The van der Waals surface area contributed by atoms with Crippen molar-refractivity contribution in [1.82, 2.24) is 9.97 Å². The Morgan fingerprint density at radius 3 is 2.50 bits per heavy atom. The third kappa shape index (κ3) is 4.48. The van der Waals surface area contributed by atoms with Crippen LogP contribution >= 0.6 is 0 Å². The highest BCUT2D eigenvalue weighted by atomic mass is 32.2. The van der Waals surface area contributed by atoms with Crippen molar-refractivity contribution < 1.29 is 13.2 Å². The first kappa shape index (κ1) is 12.8. The van der Waals surface area contributed by atoms with Crippen molar-refractivity contribution >= 4 is 15.6 Å². The smallest absolute Gasteiger partial charge is 0.182 e. The minimum absolute atomic E-state index is 0.0258. The zero-order valence-electron chi connectivity index (χ0n) is 9.30. The molecular weight excluding hydrogens is 228 g/mol. The maximum atomic E-state index is 11.5. The summed E-state index contributed by atoms with van der Waals surface area (Å²) in [4.78, 5) is 19.4. The summed E-state index contributed by atoms with van der Waals surface area (Å²) in [6.45, 7) is 1.78. The molecule has 0 unspecified atom stereocenters. The maximum absolute atomic E-state index is 11.5. The van der Waals surface area contributed by atoms with Crippen molar-refractivity contribution in [2.45, 2.75) is 19.8 Å². The standard InChI is InChI=1S/C10H14N2O3S/c1-8-6-12-9(7-11-8)10(13)4-3-5-16(2,14)15/h6-7H,3-5H2,1-2H3. The van der Waals surface area contributed by atoms with Gasteiger partial charge in [-0.05, 0) is 13.3 Å². The van der Waals surface area contributed by atoms with Gasteiger partial charge in [-0.15, -0.1) is 0 Å². The van der Waals surface area contributed by atoms with E-state index >= 15 is 0 Å². The topological polar surface area (TPSA) is 77.0 Å². The predicted octanol–water partition coefficient (Wildman–Crippen LogP) is 0.793. The Morgan fingerprint density at radius 2 is 2.00 bits per heavy atom. The first-order valence-corrected chi connectivity index (χ1v) is 6.94. The van der Waals surface area contributed by atoms with Gasteiger partial charge in [-0.1, -0.05) is 0 Å². The van der Waals surface area contributed by atoms with Gasteiger partial charge in [0.25, 0.3) is 0 Å². The molecule has 0 saturated carbocycles. The monoisotopic (exact) mass is 242 g/mol. The van der Waals surface area contributed by atoms with Gasteiger partial charge in [-0.25, -0.2) is 13.4 Å². The molecule has 0 bridgehead atoms. The van der Waals surface area contributed by atoms with E-state index in [9.17, 15) is 13.2 Å². The van der Waals surface area contributed by atoms with Crippen molar-refractivity contribution in [3.05, 3.63) is 23.8 Å². The molecule has 1 heterocycles. The largest absolute Gasteiger partial charge is 0.292 e. The van der Waals surface area contributed by atoms with Crippen molar-refractivity contribution in [2.75, 3.05) is 12.0 Å². The maximum Gasteiger partial charge on any atom is 0.182 e. The molecule has 1 rings (SSSR count). The van der Waals surface area contributed by atoms with Gasteiger partial charge < -0.3 is 0 Å². The molecular formula is C10H14N2O3S. The number of rotatable bonds is 5. The zero-order chi connectivity index (χ0) is 12.2. The highest BCUT2D eigenvalue weighted by Crippen LogP contribution is 2.03. The summed E-state index contributed by atoms with van der Waals surface area (Å²) in [6.07, 6.45) is 4.60. The molecule has 0 spiro atoms. The number of carbonyl (C=O) groups excluding carboxylic acids is 1. The summed E-state index contributed by atoms with van der Waals surface area (Å²) in [7, 11) is -3.00. The Morgan fingerprint density at radius 1 is 1.31 bits per heavy atom. The van der Waals surface area contributed by atoms with Crippen LogP contribution < -0.4 is 0 Å². The second kappa shape index (κ2) is 5.16. The van der Waals surface area contributed by atoms with Crippen LogP contribution in [0.25, 0.3) is 0 Å². The lowest BCUT2D eigenvalue weighted by molar-refractivity contribution is 0.0977. The Bertz CT molecular complexity index is 465. The normalized spacial score (nSPS) is 11.4. The molecule has 0 aromatic carbocycles. The van der Waals surface area contributed by atoms with Gasteiger partial charge in [0.05, 0.1) is 17.6 Å². The van der Waals surface area contributed by atoms with Crippen LogP contribution in [0.2, 0.25) is 0 Å². The average Bonchev–Trinajstić information content (AvgIpc) is 2.16. The summed E-state index contributed by atoms with van der Waals surface area (Å²) in [5.74, 6) is -0.144. The number of sulfone groups is 1. The summed E-state index contributed by atoms with van der Waals surface area (Å²) < 4.78 is 21.7. The lowest BCUT2D eigenvalue weighted by Crippen LogP contribution is -2.08. The first-order valence-electron chi connectivity index (χ1n) is 4.88. The van der Waals surface area contributed by atoms with Crippen molar-refractivity contribution in [1.29, 1.82) is 0 Å². The van der Waals surface area contributed by atoms with Crippen LogP contribution in [0.3, 0.4) is 0 Å². The van der Waals surface area contributed by atoms with Gasteiger partial charge in [-0.2, -0.15) is 0 Å². The average molecular weight is 242 g/mol. The molecule has 0 aliphatic rings. The number of hydrogen-bond acceptors (Lipinski definition) is 5. The third-order valence-corrected chi connectivity index (χ3v) is 3.02. The van der Waals surface area contributed by atoms with E-state index in [-0.39, 0.29) is 18.0 Å². The van der Waals surface area contributed by atoms with Crippen molar-refractivity contribution in [3.63, 3.8) is 0 Å². The summed E-state index contributed by atoms with van der Waals surface area (Å²) >= 11 is 0. The van der Waals surface area contributed by atoms with E-state index in [0.717, 1.165) is 11.9 Å². The fraction of sp³-hybridized carbons (Fsp3) is 0.500. The number of hydrogen-bond donors (Lipinski definition) is 0. The van der Waals surface area contributed by atoms with Crippen LogP contribution in [0.1, 0.15) is 29.0 Å². The fourth-order valence-corrected chi connectivity index (χ4v) is 1.83. The molecule has 6 heteroatoms. The Labute approximate surface area is 94.8 Å². The lowest BCUT2D eigenvalue weighted by atomic mass is 10.2. The van der Waals surface area contributed by atoms with E-state index in [2.05, 4.69) is 9.97 Å². The Kier molecular flexibility index (Phi) is 4.12. The number of nitrogens with zero attached hydrogens (tertiary/aromatic N) is 2. The van der Waals surface area contributed by atoms with Crippen LogP contribution in [0, 0.1) is 6.92 Å². The molecule has 0 N–H and O–H groups in total. The van der Waals surface area contributed by atoms with E-state index in [0.29, 0.717) is 12.1 Å². The molecule has 0 saturated heterocycles. The molecule has 0 radical (unpaired) electrons. The fourth-order valence-electron chi connectivity index (χ4n) is 1.16. The molecule has 5 nitrogen and oxygen atoms in total. The number of carbonyl (C=O) groups is 1. The Hall–Kier alpha value is -1.30. The van der Waals surface area contributed by atoms with Crippen LogP contribution in [0.4, 0.5) is 0 Å². The van der Waals surface area contributed by atoms with Gasteiger partial charge in [0, 0.05) is 18.9 Å².